The van der Waals surface area contributed by atoms with Crippen molar-refractivity contribution in [2.45, 2.75) is 176 Å². The molecular formula is C47H85N3O14S6. The Labute approximate surface area is 444 Å². The highest BCUT2D eigenvalue weighted by Gasteiger charge is 2.43. The zero-order chi connectivity index (χ0) is 51.9. The fourth-order valence-electron chi connectivity index (χ4n) is 6.71. The number of Topliss-reactive ketones (excluding diaryl/α,β-unsaturated/α-hetero) is 2. The van der Waals surface area contributed by atoms with Gasteiger partial charge in [0.05, 0.1) is 39.0 Å². The summed E-state index contributed by atoms with van der Waals surface area (Å²) in [4.78, 5) is 81.3. The lowest BCUT2D eigenvalue weighted by Gasteiger charge is -2.12. The molecule has 0 radical (unpaired) electrons. The first-order chi connectivity index (χ1) is 33.7. The van der Waals surface area contributed by atoms with Gasteiger partial charge in [0.1, 0.15) is 25.0 Å². The number of thiol groups is 2. The molecule has 2 atom stereocenters. The maximum atomic E-state index is 12.5. The van der Waals surface area contributed by atoms with E-state index in [0.29, 0.717) is 45.3 Å². The van der Waals surface area contributed by atoms with E-state index in [1.165, 1.54) is 57.8 Å². The Morgan fingerprint density at radius 3 is 1.56 bits per heavy atom. The molecule has 1 aliphatic rings. The van der Waals surface area contributed by atoms with Gasteiger partial charge in [-0.25, -0.2) is 0 Å². The highest BCUT2D eigenvalue weighted by atomic mass is 33.2. The minimum atomic E-state index is -1.07. The van der Waals surface area contributed by atoms with Crippen LogP contribution in [0.3, 0.4) is 0 Å². The van der Waals surface area contributed by atoms with Crippen LogP contribution >= 0.6 is 68.4 Å². The Hall–Kier alpha value is -1.41. The predicted octanol–water partition coefficient (Wildman–Crippen LogP) is 8.95. The van der Waals surface area contributed by atoms with Crippen molar-refractivity contribution in [3.8, 4) is 0 Å². The largest absolute Gasteiger partial charge is 0.481 e. The molecule has 408 valence electrons. The fraction of sp³-hybridized carbons (Fsp3) is 0.851. The number of carbonyl (C=O) groups is 7. The minimum Gasteiger partial charge on any atom is -0.481 e. The van der Waals surface area contributed by atoms with Gasteiger partial charge in [0.25, 0.3) is 0 Å². The van der Waals surface area contributed by atoms with Gasteiger partial charge in [0.15, 0.2) is 8.53 Å². The normalized spacial score (nSPS) is 13.4. The van der Waals surface area contributed by atoms with Crippen LogP contribution in [-0.2, 0) is 52.5 Å². The summed E-state index contributed by atoms with van der Waals surface area (Å²) in [5.74, 6) is -4.43. The maximum Gasteiger partial charge on any atom is 0.320 e. The van der Waals surface area contributed by atoms with E-state index in [9.17, 15) is 38.7 Å². The second-order valence-electron chi connectivity index (χ2n) is 17.0. The number of carboxylic acids is 3. The summed E-state index contributed by atoms with van der Waals surface area (Å²) in [5.41, 5.74) is 5.43. The number of nitrogens with two attached hydrogens (primary N) is 1. The molecule has 0 aromatic heterocycles. The Morgan fingerprint density at radius 1 is 0.529 bits per heavy atom. The van der Waals surface area contributed by atoms with E-state index in [2.05, 4.69) is 35.9 Å². The topological polar surface area (TPSA) is 267 Å². The predicted molar refractivity (Wildman–Crippen MR) is 290 cm³/mol. The molecule has 70 heavy (non-hydrogen) atoms. The molecule has 7 N–H and O–H groups in total. The van der Waals surface area contributed by atoms with Crippen LogP contribution in [-0.4, -0.2) is 136 Å². The fourth-order valence-corrected chi connectivity index (χ4v) is 12.5. The Kier molecular flexibility index (Phi) is 47.5. The smallest absolute Gasteiger partial charge is 0.320 e. The van der Waals surface area contributed by atoms with Crippen molar-refractivity contribution in [2.75, 3.05) is 71.0 Å². The Bertz CT molecular complexity index is 1410. The summed E-state index contributed by atoms with van der Waals surface area (Å²) < 4.78 is 21.6. The van der Waals surface area contributed by atoms with Crippen molar-refractivity contribution in [1.29, 1.82) is 0 Å². The first kappa shape index (κ1) is 68.6. The number of ether oxygens (including phenoxy) is 4. The second kappa shape index (κ2) is 48.5. The number of amides is 2. The van der Waals surface area contributed by atoms with E-state index in [0.717, 1.165) is 50.0 Å². The zero-order valence-corrected chi connectivity index (χ0v) is 46.3. The molecule has 17 nitrogen and oxygen atoms in total. The van der Waals surface area contributed by atoms with Crippen LogP contribution in [0.4, 0.5) is 0 Å². The van der Waals surface area contributed by atoms with Crippen molar-refractivity contribution in [3.63, 3.8) is 0 Å². The van der Waals surface area contributed by atoms with Crippen molar-refractivity contribution >= 4 is 110 Å². The molecule has 1 rings (SSSR count). The molecular weight excluding hydrogens is 1020 g/mol. The number of rotatable bonds is 51. The molecule has 1 heterocycles. The van der Waals surface area contributed by atoms with E-state index in [4.69, 9.17) is 34.9 Å². The summed E-state index contributed by atoms with van der Waals surface area (Å²) in [6, 6.07) is -0.891. The number of ketones is 2. The van der Waals surface area contributed by atoms with Crippen molar-refractivity contribution in [3.05, 3.63) is 0 Å². The van der Waals surface area contributed by atoms with Crippen LogP contribution in [0, 0.1) is 5.92 Å². The molecule has 23 heteroatoms. The molecule has 0 aliphatic carbocycles. The summed E-state index contributed by atoms with van der Waals surface area (Å²) in [5, 5.41) is 33.2. The molecule has 1 fully saturated rings. The lowest BCUT2D eigenvalue weighted by atomic mass is 9.94. The van der Waals surface area contributed by atoms with Gasteiger partial charge in [-0.15, -0.1) is 12.6 Å². The third-order valence-electron chi connectivity index (χ3n) is 10.7. The monoisotopic (exact) mass is 1110 g/mol. The third kappa shape index (κ3) is 48.8. The van der Waals surface area contributed by atoms with Crippen LogP contribution in [0.15, 0.2) is 0 Å². The number of unbranched alkanes of at least 4 members (excludes halogenated alkanes) is 16. The first-order valence-corrected chi connectivity index (χ1v) is 30.5. The zero-order valence-electron chi connectivity index (χ0n) is 41.3. The lowest BCUT2D eigenvalue weighted by molar-refractivity contribution is -0.144. The molecule has 0 saturated carbocycles. The van der Waals surface area contributed by atoms with Crippen LogP contribution in [0.25, 0.3) is 0 Å². The van der Waals surface area contributed by atoms with E-state index in [1.807, 2.05) is 0 Å². The minimum absolute atomic E-state index is 0.00228. The molecule has 2 amide bonds. The number of carbonyl (C=O) groups excluding carboxylic acids is 4. The van der Waals surface area contributed by atoms with Gasteiger partial charge in [-0.2, -0.15) is 12.6 Å². The molecule has 0 unspecified atom stereocenters. The maximum absolute atomic E-state index is 12.5. The SMILES string of the molecule is N[C@@H](CCCCNC(=O)COCCOCCCC(=O)COCCOCCNC(=O)CC[C@H](CC(=O)CCCCCCCCCCCCCCCCCCC(=O)O)C(=O)O)C(=O)O.SCSSC1(S)SS1. The van der Waals surface area contributed by atoms with Gasteiger partial charge in [-0.1, -0.05) is 111 Å². The average Bonchev–Trinajstić information content (AvgIpc) is 4.07. The van der Waals surface area contributed by atoms with E-state index >= 15 is 0 Å². The van der Waals surface area contributed by atoms with E-state index in [-0.39, 0.29) is 111 Å². The van der Waals surface area contributed by atoms with Crippen LogP contribution < -0.4 is 16.4 Å². The lowest BCUT2D eigenvalue weighted by Crippen LogP contribution is -2.31. The summed E-state index contributed by atoms with van der Waals surface area (Å²) in [6.07, 6.45) is 21.1. The Balaban J connectivity index is 0.00000535. The van der Waals surface area contributed by atoms with Crippen LogP contribution in [0.2, 0.25) is 0 Å². The molecule has 1 aliphatic heterocycles. The van der Waals surface area contributed by atoms with Crippen molar-refractivity contribution in [1.82, 2.24) is 10.6 Å². The molecule has 0 aromatic carbocycles. The summed E-state index contributed by atoms with van der Waals surface area (Å²) in [6.45, 7) is 2.01. The van der Waals surface area contributed by atoms with E-state index in [1.54, 1.807) is 43.2 Å². The number of hydrogen-bond acceptors (Lipinski definition) is 18. The van der Waals surface area contributed by atoms with Crippen molar-refractivity contribution in [2.24, 2.45) is 11.7 Å². The molecule has 0 spiro atoms. The van der Waals surface area contributed by atoms with Crippen molar-refractivity contribution < 1.29 is 67.8 Å². The Morgan fingerprint density at radius 2 is 1.03 bits per heavy atom. The number of carboxylic acid groups (broad SMARTS) is 3. The summed E-state index contributed by atoms with van der Waals surface area (Å²) >= 11 is 8.38. The van der Waals surface area contributed by atoms with Crippen LogP contribution in [0.1, 0.15) is 167 Å². The average molecular weight is 1110 g/mol. The second-order valence-corrected chi connectivity index (χ2v) is 25.2. The molecule has 1 saturated heterocycles. The summed E-state index contributed by atoms with van der Waals surface area (Å²) in [7, 11) is 7.11. The first-order valence-electron chi connectivity index (χ1n) is 25.0. The van der Waals surface area contributed by atoms with Crippen LogP contribution in [0.5, 0.6) is 0 Å². The van der Waals surface area contributed by atoms with E-state index < -0.39 is 29.9 Å². The standard InChI is InChI=1S/C45H81N3O14.C2H4S6/c46-40(45(57)58)22-17-18-26-47-42(52)36-62-33-30-59-28-19-21-39(50)35-61-32-31-60-29-27-48-41(51)25-24-37(44(55)56)34-38(49)20-15-13-11-9-7-5-3-1-2-4-6-8-10-12-14-16-23-43(53)54;3-1-5-6-2(4)7-8-2/h37,40H,1-36,46H2,(H,47,52)(H,48,51)(H,53,54)(H,55,56)(H,57,58);3-4H,1H2/t37-,40+;/m1./s1. The van der Waals surface area contributed by atoms with Gasteiger partial charge in [-0.3, -0.25) is 33.6 Å². The number of aliphatic carboxylic acids is 3. The quantitative estimate of drug-likeness (QED) is 0.00928. The van der Waals surface area contributed by atoms with Gasteiger partial charge in [0.2, 0.25) is 11.8 Å². The highest BCUT2D eigenvalue weighted by Crippen LogP contribution is 2.75. The third-order valence-corrected chi connectivity index (χ3v) is 19.7. The molecule has 0 aromatic rings. The number of hydrogen-bond donors (Lipinski definition) is 8. The number of nitrogens with one attached hydrogen (secondary N) is 2. The van der Waals surface area contributed by atoms with Gasteiger partial charge >= 0.3 is 17.9 Å². The van der Waals surface area contributed by atoms with Gasteiger partial charge in [0, 0.05) is 56.9 Å². The highest BCUT2D eigenvalue weighted by molar-refractivity contribution is 9.07. The molecule has 0 bridgehead atoms. The van der Waals surface area contributed by atoms with Gasteiger partial charge in [-0.05, 0) is 66.5 Å². The van der Waals surface area contributed by atoms with Gasteiger partial charge < -0.3 is 50.6 Å².